The Kier molecular flexibility index (Phi) is 7.33. The van der Waals surface area contributed by atoms with Crippen LogP contribution in [0.1, 0.15) is 21.5 Å². The highest BCUT2D eigenvalue weighted by atomic mass is 35.5. The van der Waals surface area contributed by atoms with E-state index in [1.54, 1.807) is 54.2 Å². The average molecular weight is 437 g/mol. The van der Waals surface area contributed by atoms with Gasteiger partial charge in [0.05, 0.1) is 0 Å². The Morgan fingerprint density at radius 3 is 2.30 bits per heavy atom. The van der Waals surface area contributed by atoms with Crippen molar-refractivity contribution in [2.24, 2.45) is 0 Å². The summed E-state index contributed by atoms with van der Waals surface area (Å²) in [6, 6.07) is 21.7. The molecule has 0 fully saturated rings. The summed E-state index contributed by atoms with van der Waals surface area (Å²) in [5, 5.41) is 6.03. The van der Waals surface area contributed by atoms with Crippen LogP contribution in [-0.2, 0) is 4.79 Å². The number of amides is 2. The standard InChI is InChI=1S/C24H21ClN2O2S/c1-16-6-10-18(11-7-16)23(28)27-22(14-17-8-12-21(30-2)13-9-17)24(29)26-20-5-3-4-19(25)15-20/h3-15H,1-2H3,(H,26,29)(H,27,28). The molecule has 2 N–H and O–H groups in total. The van der Waals surface area contributed by atoms with Crippen LogP contribution >= 0.6 is 23.4 Å². The van der Waals surface area contributed by atoms with Crippen LogP contribution in [0, 0.1) is 6.92 Å². The summed E-state index contributed by atoms with van der Waals surface area (Å²) >= 11 is 7.64. The van der Waals surface area contributed by atoms with Crippen molar-refractivity contribution in [3.63, 3.8) is 0 Å². The summed E-state index contributed by atoms with van der Waals surface area (Å²) in [5.74, 6) is -0.796. The fourth-order valence-electron chi connectivity index (χ4n) is 2.69. The monoisotopic (exact) mass is 436 g/mol. The average Bonchev–Trinajstić information content (AvgIpc) is 2.74. The molecule has 30 heavy (non-hydrogen) atoms. The molecule has 0 aliphatic carbocycles. The molecule has 0 saturated heterocycles. The Morgan fingerprint density at radius 1 is 0.967 bits per heavy atom. The molecule has 6 heteroatoms. The van der Waals surface area contributed by atoms with E-state index in [-0.39, 0.29) is 11.6 Å². The zero-order chi connectivity index (χ0) is 21.5. The van der Waals surface area contributed by atoms with Gasteiger partial charge in [-0.25, -0.2) is 0 Å². The van der Waals surface area contributed by atoms with Crippen LogP contribution < -0.4 is 10.6 Å². The van der Waals surface area contributed by atoms with Crippen LogP contribution in [0.15, 0.2) is 83.4 Å². The molecular formula is C24H21ClN2O2S. The lowest BCUT2D eigenvalue weighted by Crippen LogP contribution is -2.30. The molecule has 0 unspecified atom stereocenters. The number of hydrogen-bond acceptors (Lipinski definition) is 3. The molecule has 3 aromatic rings. The molecule has 0 aliphatic heterocycles. The highest BCUT2D eigenvalue weighted by Gasteiger charge is 2.15. The second kappa shape index (κ2) is 10.1. The van der Waals surface area contributed by atoms with Crippen LogP contribution in [0.5, 0.6) is 0 Å². The molecule has 0 radical (unpaired) electrons. The maximum absolute atomic E-state index is 12.9. The highest BCUT2D eigenvalue weighted by molar-refractivity contribution is 7.98. The summed E-state index contributed by atoms with van der Waals surface area (Å²) in [6.45, 7) is 1.95. The fourth-order valence-corrected chi connectivity index (χ4v) is 3.29. The lowest BCUT2D eigenvalue weighted by atomic mass is 10.1. The number of thioether (sulfide) groups is 1. The van der Waals surface area contributed by atoms with E-state index in [2.05, 4.69) is 10.6 Å². The summed E-state index contributed by atoms with van der Waals surface area (Å²) < 4.78 is 0. The number of hydrogen-bond donors (Lipinski definition) is 2. The van der Waals surface area contributed by atoms with Crippen molar-refractivity contribution in [3.05, 3.63) is 100 Å². The molecule has 0 aliphatic rings. The molecular weight excluding hydrogens is 416 g/mol. The second-order valence-electron chi connectivity index (χ2n) is 6.62. The third kappa shape index (κ3) is 5.99. The van der Waals surface area contributed by atoms with Gasteiger partial charge in [-0.1, -0.05) is 47.5 Å². The van der Waals surface area contributed by atoms with E-state index in [4.69, 9.17) is 11.6 Å². The summed E-state index contributed by atoms with van der Waals surface area (Å²) in [5.41, 5.74) is 3.00. The predicted octanol–water partition coefficient (Wildman–Crippen LogP) is 5.78. The third-order valence-electron chi connectivity index (χ3n) is 4.32. The lowest BCUT2D eigenvalue weighted by molar-refractivity contribution is -0.113. The molecule has 0 spiro atoms. The smallest absolute Gasteiger partial charge is 0.272 e. The van der Waals surface area contributed by atoms with Crippen LogP contribution in [-0.4, -0.2) is 18.1 Å². The number of nitrogens with one attached hydrogen (secondary N) is 2. The largest absolute Gasteiger partial charge is 0.321 e. The van der Waals surface area contributed by atoms with Crippen molar-refractivity contribution in [1.29, 1.82) is 0 Å². The Hall–Kier alpha value is -3.02. The fraction of sp³-hybridized carbons (Fsp3) is 0.0833. The molecule has 3 aromatic carbocycles. The molecule has 0 atom stereocenters. The summed E-state index contributed by atoms with van der Waals surface area (Å²) in [4.78, 5) is 26.8. The second-order valence-corrected chi connectivity index (χ2v) is 7.93. The third-order valence-corrected chi connectivity index (χ3v) is 5.29. The van der Waals surface area contributed by atoms with Gasteiger partial charge in [-0.3, -0.25) is 9.59 Å². The molecule has 3 rings (SSSR count). The quantitative estimate of drug-likeness (QED) is 0.380. The van der Waals surface area contributed by atoms with E-state index in [1.165, 1.54) is 0 Å². The van der Waals surface area contributed by atoms with Crippen molar-refractivity contribution in [1.82, 2.24) is 5.32 Å². The number of halogens is 1. The van der Waals surface area contributed by atoms with Gasteiger partial charge in [-0.05, 0) is 67.3 Å². The lowest BCUT2D eigenvalue weighted by Gasteiger charge is -2.12. The number of carbonyl (C=O) groups excluding carboxylic acids is 2. The first-order valence-corrected chi connectivity index (χ1v) is 10.9. The highest BCUT2D eigenvalue weighted by Crippen LogP contribution is 2.18. The minimum Gasteiger partial charge on any atom is -0.321 e. The van der Waals surface area contributed by atoms with Crippen molar-refractivity contribution in [2.45, 2.75) is 11.8 Å². The minimum atomic E-state index is -0.438. The van der Waals surface area contributed by atoms with Gasteiger partial charge in [0.1, 0.15) is 5.70 Å². The van der Waals surface area contributed by atoms with Crippen molar-refractivity contribution >= 4 is 46.9 Å². The van der Waals surface area contributed by atoms with E-state index in [9.17, 15) is 9.59 Å². The Balaban J connectivity index is 1.88. The first-order valence-electron chi connectivity index (χ1n) is 9.25. The topological polar surface area (TPSA) is 58.2 Å². The van der Waals surface area contributed by atoms with Crippen molar-refractivity contribution in [2.75, 3.05) is 11.6 Å². The SMILES string of the molecule is CSc1ccc(C=C(NC(=O)c2ccc(C)cc2)C(=O)Nc2cccc(Cl)c2)cc1. The molecule has 0 bridgehead atoms. The van der Waals surface area contributed by atoms with E-state index < -0.39 is 5.91 Å². The van der Waals surface area contributed by atoms with Crippen LogP contribution in [0.3, 0.4) is 0 Å². The number of carbonyl (C=O) groups is 2. The van der Waals surface area contributed by atoms with Crippen LogP contribution in [0.2, 0.25) is 5.02 Å². The number of anilines is 1. The number of benzene rings is 3. The zero-order valence-corrected chi connectivity index (χ0v) is 18.2. The molecule has 0 heterocycles. The Labute approximate surface area is 185 Å². The zero-order valence-electron chi connectivity index (χ0n) is 16.6. The first kappa shape index (κ1) is 21.7. The molecule has 0 aromatic heterocycles. The molecule has 4 nitrogen and oxygen atoms in total. The van der Waals surface area contributed by atoms with E-state index in [1.807, 2.05) is 49.6 Å². The number of aryl methyl sites for hydroxylation is 1. The first-order chi connectivity index (χ1) is 14.4. The van der Waals surface area contributed by atoms with Gasteiger partial charge in [0.25, 0.3) is 11.8 Å². The molecule has 152 valence electrons. The van der Waals surface area contributed by atoms with Gasteiger partial charge in [-0.2, -0.15) is 0 Å². The Morgan fingerprint density at radius 2 is 1.67 bits per heavy atom. The minimum absolute atomic E-state index is 0.137. The number of rotatable bonds is 6. The van der Waals surface area contributed by atoms with Gasteiger partial charge in [-0.15, -0.1) is 11.8 Å². The van der Waals surface area contributed by atoms with E-state index in [0.717, 1.165) is 16.0 Å². The van der Waals surface area contributed by atoms with E-state index in [0.29, 0.717) is 16.3 Å². The van der Waals surface area contributed by atoms with Gasteiger partial charge in [0, 0.05) is 21.2 Å². The van der Waals surface area contributed by atoms with Crippen molar-refractivity contribution < 1.29 is 9.59 Å². The van der Waals surface area contributed by atoms with Crippen molar-refractivity contribution in [3.8, 4) is 0 Å². The maximum Gasteiger partial charge on any atom is 0.272 e. The predicted molar refractivity (Wildman–Crippen MR) is 125 cm³/mol. The summed E-state index contributed by atoms with van der Waals surface area (Å²) in [6.07, 6.45) is 3.65. The van der Waals surface area contributed by atoms with E-state index >= 15 is 0 Å². The Bertz CT molecular complexity index is 1080. The summed E-state index contributed by atoms with van der Waals surface area (Å²) in [7, 11) is 0. The van der Waals surface area contributed by atoms with Gasteiger partial charge in [0.2, 0.25) is 0 Å². The van der Waals surface area contributed by atoms with Gasteiger partial charge < -0.3 is 10.6 Å². The molecule has 0 saturated carbocycles. The van der Waals surface area contributed by atoms with Crippen LogP contribution in [0.25, 0.3) is 6.08 Å². The normalized spacial score (nSPS) is 11.1. The van der Waals surface area contributed by atoms with Gasteiger partial charge >= 0.3 is 0 Å². The maximum atomic E-state index is 12.9. The van der Waals surface area contributed by atoms with Crippen LogP contribution in [0.4, 0.5) is 5.69 Å². The van der Waals surface area contributed by atoms with Gasteiger partial charge in [0.15, 0.2) is 0 Å². The molecule has 2 amide bonds.